The summed E-state index contributed by atoms with van der Waals surface area (Å²) in [6, 6.07) is 5.42. The SMILES string of the molecule is CCNc1cc(C)nc(-c2ccc(OC)nn2)n1. The van der Waals surface area contributed by atoms with E-state index < -0.39 is 0 Å². The van der Waals surface area contributed by atoms with E-state index in [-0.39, 0.29) is 0 Å². The number of rotatable bonds is 4. The molecule has 0 aliphatic carbocycles. The largest absolute Gasteiger partial charge is 0.480 e. The molecule has 1 N–H and O–H groups in total. The Kier molecular flexibility index (Phi) is 3.66. The zero-order valence-electron chi connectivity index (χ0n) is 10.6. The Hall–Kier alpha value is -2.24. The third-order valence-electron chi connectivity index (χ3n) is 2.29. The summed E-state index contributed by atoms with van der Waals surface area (Å²) in [5.74, 6) is 1.82. The summed E-state index contributed by atoms with van der Waals surface area (Å²) in [6.45, 7) is 4.75. The summed E-state index contributed by atoms with van der Waals surface area (Å²) in [5, 5.41) is 11.1. The second-order valence-corrected chi connectivity index (χ2v) is 3.71. The molecule has 0 unspecified atom stereocenters. The van der Waals surface area contributed by atoms with Gasteiger partial charge in [0.05, 0.1) is 7.11 Å². The van der Waals surface area contributed by atoms with Crippen LogP contribution in [-0.4, -0.2) is 33.8 Å². The summed E-state index contributed by atoms with van der Waals surface area (Å²) >= 11 is 0. The van der Waals surface area contributed by atoms with Crippen LogP contribution < -0.4 is 10.1 Å². The lowest BCUT2D eigenvalue weighted by Gasteiger charge is -2.06. The lowest BCUT2D eigenvalue weighted by Crippen LogP contribution is -2.03. The maximum absolute atomic E-state index is 4.96. The first-order chi connectivity index (χ1) is 8.72. The van der Waals surface area contributed by atoms with Crippen molar-refractivity contribution in [3.05, 3.63) is 23.9 Å². The number of hydrogen-bond acceptors (Lipinski definition) is 6. The first-order valence-electron chi connectivity index (χ1n) is 5.70. The van der Waals surface area contributed by atoms with Crippen LogP contribution in [0.15, 0.2) is 18.2 Å². The molecular formula is C12H15N5O. The number of nitrogens with zero attached hydrogens (tertiary/aromatic N) is 4. The third kappa shape index (κ3) is 2.71. The minimum Gasteiger partial charge on any atom is -0.480 e. The lowest BCUT2D eigenvalue weighted by molar-refractivity contribution is 0.392. The van der Waals surface area contributed by atoms with Crippen molar-refractivity contribution in [1.29, 1.82) is 0 Å². The van der Waals surface area contributed by atoms with Crippen molar-refractivity contribution < 1.29 is 4.74 Å². The van der Waals surface area contributed by atoms with Crippen molar-refractivity contribution in [3.63, 3.8) is 0 Å². The number of nitrogens with one attached hydrogen (secondary N) is 1. The van der Waals surface area contributed by atoms with Gasteiger partial charge in [0.2, 0.25) is 5.88 Å². The molecule has 18 heavy (non-hydrogen) atoms. The maximum atomic E-state index is 4.96. The second kappa shape index (κ2) is 5.39. The molecule has 0 saturated carbocycles. The van der Waals surface area contributed by atoms with Crippen LogP contribution >= 0.6 is 0 Å². The molecule has 0 bridgehead atoms. The standard InChI is InChI=1S/C12H15N5O/c1-4-13-10-7-8(2)14-12(15-10)9-5-6-11(18-3)17-16-9/h5-7H,4H2,1-3H3,(H,13,14,15). The molecule has 2 heterocycles. The average molecular weight is 245 g/mol. The number of hydrogen-bond donors (Lipinski definition) is 1. The number of aryl methyl sites for hydroxylation is 1. The van der Waals surface area contributed by atoms with E-state index in [1.807, 2.05) is 19.9 Å². The van der Waals surface area contributed by atoms with E-state index in [2.05, 4.69) is 25.5 Å². The van der Waals surface area contributed by atoms with Crippen LogP contribution in [0.5, 0.6) is 5.88 Å². The van der Waals surface area contributed by atoms with Crippen molar-refractivity contribution >= 4 is 5.82 Å². The Morgan fingerprint density at radius 2 is 2.06 bits per heavy atom. The molecule has 0 spiro atoms. The molecule has 2 aromatic heterocycles. The summed E-state index contributed by atoms with van der Waals surface area (Å²) < 4.78 is 4.96. The van der Waals surface area contributed by atoms with Crippen LogP contribution in [0.4, 0.5) is 5.82 Å². The van der Waals surface area contributed by atoms with Gasteiger partial charge >= 0.3 is 0 Å². The molecule has 0 saturated heterocycles. The Morgan fingerprint density at radius 1 is 1.22 bits per heavy atom. The molecule has 0 aliphatic heterocycles. The maximum Gasteiger partial charge on any atom is 0.233 e. The Balaban J connectivity index is 2.36. The van der Waals surface area contributed by atoms with Crippen molar-refractivity contribution in [2.75, 3.05) is 19.0 Å². The van der Waals surface area contributed by atoms with Gasteiger partial charge in [0.1, 0.15) is 11.5 Å². The summed E-state index contributed by atoms with van der Waals surface area (Å²) in [6.07, 6.45) is 0. The first kappa shape index (κ1) is 12.2. The Morgan fingerprint density at radius 3 is 2.67 bits per heavy atom. The van der Waals surface area contributed by atoms with Gasteiger partial charge in [-0.3, -0.25) is 0 Å². The Labute approximate surface area is 105 Å². The average Bonchev–Trinajstić information content (AvgIpc) is 2.38. The minimum absolute atomic E-state index is 0.471. The van der Waals surface area contributed by atoms with Gasteiger partial charge in [-0.25, -0.2) is 9.97 Å². The van der Waals surface area contributed by atoms with Gasteiger partial charge in [0.15, 0.2) is 5.82 Å². The van der Waals surface area contributed by atoms with Gasteiger partial charge in [-0.15, -0.1) is 10.2 Å². The number of anilines is 1. The molecule has 0 aromatic carbocycles. The predicted octanol–water partition coefficient (Wildman–Crippen LogP) is 1.68. The molecule has 2 aromatic rings. The Bertz CT molecular complexity index is 526. The smallest absolute Gasteiger partial charge is 0.233 e. The molecule has 2 rings (SSSR count). The normalized spacial score (nSPS) is 10.2. The topological polar surface area (TPSA) is 72.8 Å². The minimum atomic E-state index is 0.471. The first-order valence-corrected chi connectivity index (χ1v) is 5.70. The fourth-order valence-electron chi connectivity index (χ4n) is 1.50. The van der Waals surface area contributed by atoms with E-state index in [1.54, 1.807) is 19.2 Å². The van der Waals surface area contributed by atoms with Crippen LogP contribution in [0.2, 0.25) is 0 Å². The molecule has 0 fully saturated rings. The van der Waals surface area contributed by atoms with E-state index in [1.165, 1.54) is 0 Å². The summed E-state index contributed by atoms with van der Waals surface area (Å²) in [7, 11) is 1.55. The van der Waals surface area contributed by atoms with Crippen molar-refractivity contribution in [2.24, 2.45) is 0 Å². The van der Waals surface area contributed by atoms with Crippen molar-refractivity contribution in [3.8, 4) is 17.4 Å². The number of ether oxygens (including phenoxy) is 1. The van der Waals surface area contributed by atoms with E-state index in [0.717, 1.165) is 18.1 Å². The number of aromatic nitrogens is 4. The molecule has 94 valence electrons. The molecule has 6 heteroatoms. The highest BCUT2D eigenvalue weighted by atomic mass is 16.5. The van der Waals surface area contributed by atoms with E-state index >= 15 is 0 Å². The van der Waals surface area contributed by atoms with Crippen LogP contribution in [-0.2, 0) is 0 Å². The number of methoxy groups -OCH3 is 1. The molecular weight excluding hydrogens is 230 g/mol. The van der Waals surface area contributed by atoms with Crippen LogP contribution in [0.3, 0.4) is 0 Å². The van der Waals surface area contributed by atoms with Gasteiger partial charge < -0.3 is 10.1 Å². The van der Waals surface area contributed by atoms with Crippen LogP contribution in [0, 0.1) is 6.92 Å². The summed E-state index contributed by atoms with van der Waals surface area (Å²) in [4.78, 5) is 8.73. The quantitative estimate of drug-likeness (QED) is 0.883. The highest BCUT2D eigenvalue weighted by molar-refractivity contribution is 5.52. The molecule has 6 nitrogen and oxygen atoms in total. The van der Waals surface area contributed by atoms with Crippen molar-refractivity contribution in [1.82, 2.24) is 20.2 Å². The van der Waals surface area contributed by atoms with Gasteiger partial charge in [0, 0.05) is 24.4 Å². The van der Waals surface area contributed by atoms with Crippen LogP contribution in [0.25, 0.3) is 11.5 Å². The predicted molar refractivity (Wildman–Crippen MR) is 68.5 cm³/mol. The zero-order chi connectivity index (χ0) is 13.0. The van der Waals surface area contributed by atoms with E-state index in [0.29, 0.717) is 17.4 Å². The van der Waals surface area contributed by atoms with Gasteiger partial charge in [-0.05, 0) is 19.9 Å². The van der Waals surface area contributed by atoms with Crippen LogP contribution in [0.1, 0.15) is 12.6 Å². The highest BCUT2D eigenvalue weighted by Gasteiger charge is 2.07. The van der Waals surface area contributed by atoms with Crippen molar-refractivity contribution in [2.45, 2.75) is 13.8 Å². The van der Waals surface area contributed by atoms with E-state index in [9.17, 15) is 0 Å². The van der Waals surface area contributed by atoms with Gasteiger partial charge in [-0.2, -0.15) is 0 Å². The monoisotopic (exact) mass is 245 g/mol. The fraction of sp³-hybridized carbons (Fsp3) is 0.333. The van der Waals surface area contributed by atoms with Gasteiger partial charge in [-0.1, -0.05) is 0 Å². The zero-order valence-corrected chi connectivity index (χ0v) is 10.6. The summed E-state index contributed by atoms with van der Waals surface area (Å²) in [5.41, 5.74) is 1.51. The molecule has 0 aliphatic rings. The fourth-order valence-corrected chi connectivity index (χ4v) is 1.50. The van der Waals surface area contributed by atoms with Gasteiger partial charge in [0.25, 0.3) is 0 Å². The molecule has 0 atom stereocenters. The highest BCUT2D eigenvalue weighted by Crippen LogP contribution is 2.16. The third-order valence-corrected chi connectivity index (χ3v) is 2.29. The second-order valence-electron chi connectivity index (χ2n) is 3.71. The molecule has 0 amide bonds. The molecule has 0 radical (unpaired) electrons. The van der Waals surface area contributed by atoms with E-state index in [4.69, 9.17) is 4.74 Å². The lowest BCUT2D eigenvalue weighted by atomic mass is 10.3.